The van der Waals surface area contributed by atoms with Crippen molar-refractivity contribution in [3.05, 3.63) is 18.3 Å². The molecule has 6 heteroatoms. The van der Waals surface area contributed by atoms with Gasteiger partial charge in [0.1, 0.15) is 5.82 Å². The Kier molecular flexibility index (Phi) is 3.09. The van der Waals surface area contributed by atoms with E-state index in [9.17, 15) is 8.42 Å². The summed E-state index contributed by atoms with van der Waals surface area (Å²) in [4.78, 5) is 4.03. The highest BCUT2D eigenvalue weighted by Gasteiger charge is 2.34. The highest BCUT2D eigenvalue weighted by molar-refractivity contribution is 7.89. The predicted molar refractivity (Wildman–Crippen MR) is 65.7 cm³/mol. The molecular formula is C11H17N3O2S. The van der Waals surface area contributed by atoms with E-state index < -0.39 is 10.0 Å². The Labute approximate surface area is 102 Å². The monoisotopic (exact) mass is 255 g/mol. The molecule has 1 aromatic heterocycles. The van der Waals surface area contributed by atoms with Crippen LogP contribution in [0.5, 0.6) is 0 Å². The summed E-state index contributed by atoms with van der Waals surface area (Å²) < 4.78 is 26.2. The fourth-order valence-electron chi connectivity index (χ4n) is 2.01. The van der Waals surface area contributed by atoms with E-state index in [0.717, 1.165) is 0 Å². The highest BCUT2D eigenvalue weighted by Crippen LogP contribution is 2.28. The van der Waals surface area contributed by atoms with Gasteiger partial charge in [0.15, 0.2) is 0 Å². The van der Waals surface area contributed by atoms with Gasteiger partial charge in [0.25, 0.3) is 0 Å². The van der Waals surface area contributed by atoms with Crippen LogP contribution >= 0.6 is 0 Å². The molecule has 1 aliphatic heterocycles. The first kappa shape index (κ1) is 12.3. The molecule has 2 heterocycles. The number of rotatable bonds is 2. The standard InChI is InChI=1S/C11H17N3O2S/c1-8-6-14(7-9(8)2)17(15,16)10-3-4-13-11(12)5-10/h3-5,8-9H,6-7H2,1-2H3,(H2,12,13). The van der Waals surface area contributed by atoms with Gasteiger partial charge in [0.2, 0.25) is 10.0 Å². The summed E-state index contributed by atoms with van der Waals surface area (Å²) in [7, 11) is -3.41. The number of sulfonamides is 1. The van der Waals surface area contributed by atoms with Crippen molar-refractivity contribution in [1.29, 1.82) is 0 Å². The SMILES string of the molecule is CC1CN(S(=O)(=O)c2ccnc(N)c2)CC1C. The van der Waals surface area contributed by atoms with Crippen molar-refractivity contribution >= 4 is 15.8 Å². The van der Waals surface area contributed by atoms with Crippen molar-refractivity contribution in [3.63, 3.8) is 0 Å². The molecule has 0 bridgehead atoms. The van der Waals surface area contributed by atoms with Crippen molar-refractivity contribution in [2.24, 2.45) is 11.8 Å². The van der Waals surface area contributed by atoms with Gasteiger partial charge >= 0.3 is 0 Å². The minimum atomic E-state index is -3.41. The van der Waals surface area contributed by atoms with Crippen molar-refractivity contribution in [2.45, 2.75) is 18.7 Å². The Bertz CT molecular complexity index is 505. The van der Waals surface area contributed by atoms with Crippen molar-refractivity contribution in [3.8, 4) is 0 Å². The molecule has 1 fully saturated rings. The molecule has 2 atom stereocenters. The molecule has 0 saturated carbocycles. The summed E-state index contributed by atoms with van der Waals surface area (Å²) in [5, 5.41) is 0. The number of nitrogens with two attached hydrogens (primary N) is 1. The molecule has 0 radical (unpaired) electrons. The molecule has 1 saturated heterocycles. The molecule has 5 nitrogen and oxygen atoms in total. The molecule has 0 spiro atoms. The fraction of sp³-hybridized carbons (Fsp3) is 0.545. The van der Waals surface area contributed by atoms with Crippen molar-refractivity contribution in [1.82, 2.24) is 9.29 Å². The molecule has 2 N–H and O–H groups in total. The first-order valence-electron chi connectivity index (χ1n) is 5.63. The number of pyridine rings is 1. The maximum absolute atomic E-state index is 12.3. The van der Waals surface area contributed by atoms with Crippen LogP contribution in [0.25, 0.3) is 0 Å². The average Bonchev–Trinajstić information content (AvgIpc) is 2.60. The van der Waals surface area contributed by atoms with Gasteiger partial charge in [-0.2, -0.15) is 4.31 Å². The van der Waals surface area contributed by atoms with Crippen LogP contribution in [0.15, 0.2) is 23.2 Å². The van der Waals surface area contributed by atoms with Crippen LogP contribution in [0.1, 0.15) is 13.8 Å². The quantitative estimate of drug-likeness (QED) is 0.853. The molecular weight excluding hydrogens is 238 g/mol. The zero-order valence-electron chi connectivity index (χ0n) is 10.00. The Morgan fingerprint density at radius 2 is 1.94 bits per heavy atom. The van der Waals surface area contributed by atoms with E-state index in [1.165, 1.54) is 22.6 Å². The lowest BCUT2D eigenvalue weighted by Gasteiger charge is -2.16. The number of aromatic nitrogens is 1. The number of nitrogen functional groups attached to an aromatic ring is 1. The average molecular weight is 255 g/mol. The van der Waals surface area contributed by atoms with Crippen LogP contribution in [0.2, 0.25) is 0 Å². The summed E-state index contributed by atoms with van der Waals surface area (Å²) in [6.07, 6.45) is 1.42. The third-order valence-corrected chi connectivity index (χ3v) is 5.17. The third kappa shape index (κ3) is 2.28. The smallest absolute Gasteiger partial charge is 0.243 e. The maximum Gasteiger partial charge on any atom is 0.243 e. The van der Waals surface area contributed by atoms with Gasteiger partial charge in [-0.25, -0.2) is 13.4 Å². The van der Waals surface area contributed by atoms with Crippen LogP contribution in [0.3, 0.4) is 0 Å². The molecule has 2 unspecified atom stereocenters. The Balaban J connectivity index is 2.32. The van der Waals surface area contributed by atoms with Gasteiger partial charge in [-0.1, -0.05) is 13.8 Å². The lowest BCUT2D eigenvalue weighted by Crippen LogP contribution is -2.29. The van der Waals surface area contributed by atoms with E-state index in [4.69, 9.17) is 5.73 Å². The van der Waals surface area contributed by atoms with E-state index in [0.29, 0.717) is 24.9 Å². The maximum atomic E-state index is 12.3. The van der Waals surface area contributed by atoms with Crippen LogP contribution in [0.4, 0.5) is 5.82 Å². The Morgan fingerprint density at radius 3 is 2.47 bits per heavy atom. The summed E-state index contributed by atoms with van der Waals surface area (Å²) >= 11 is 0. The lowest BCUT2D eigenvalue weighted by atomic mass is 10.0. The number of nitrogens with zero attached hydrogens (tertiary/aromatic N) is 2. The lowest BCUT2D eigenvalue weighted by molar-refractivity contribution is 0.463. The molecule has 2 rings (SSSR count). The zero-order chi connectivity index (χ0) is 12.6. The number of anilines is 1. The number of hydrogen-bond donors (Lipinski definition) is 1. The first-order valence-corrected chi connectivity index (χ1v) is 7.07. The van der Waals surface area contributed by atoms with Gasteiger partial charge in [-0.15, -0.1) is 0 Å². The van der Waals surface area contributed by atoms with Gasteiger partial charge in [0, 0.05) is 25.4 Å². The van der Waals surface area contributed by atoms with Crippen LogP contribution in [0, 0.1) is 11.8 Å². The summed E-state index contributed by atoms with van der Waals surface area (Å²) in [5.41, 5.74) is 5.51. The van der Waals surface area contributed by atoms with E-state index in [-0.39, 0.29) is 10.7 Å². The zero-order valence-corrected chi connectivity index (χ0v) is 10.8. The molecule has 0 amide bonds. The Morgan fingerprint density at radius 1 is 1.35 bits per heavy atom. The molecule has 94 valence electrons. The second-order valence-corrected chi connectivity index (χ2v) is 6.63. The summed E-state index contributed by atoms with van der Waals surface area (Å²) in [6.45, 7) is 5.29. The second-order valence-electron chi connectivity index (χ2n) is 4.69. The molecule has 0 aliphatic carbocycles. The van der Waals surface area contributed by atoms with Gasteiger partial charge < -0.3 is 5.73 Å². The second kappa shape index (κ2) is 4.27. The van der Waals surface area contributed by atoms with Crippen molar-refractivity contribution < 1.29 is 8.42 Å². The molecule has 1 aromatic rings. The van der Waals surface area contributed by atoms with E-state index in [1.807, 2.05) is 0 Å². The fourth-order valence-corrected chi connectivity index (χ4v) is 3.67. The minimum absolute atomic E-state index is 0.228. The largest absolute Gasteiger partial charge is 0.384 e. The normalized spacial score (nSPS) is 26.2. The first-order chi connectivity index (χ1) is 7.91. The number of hydrogen-bond acceptors (Lipinski definition) is 4. The predicted octanol–water partition coefficient (Wildman–Crippen LogP) is 0.940. The van der Waals surface area contributed by atoms with Gasteiger partial charge in [0.05, 0.1) is 4.90 Å². The van der Waals surface area contributed by atoms with Crippen LogP contribution < -0.4 is 5.73 Å². The van der Waals surface area contributed by atoms with Gasteiger partial charge in [-0.05, 0) is 17.9 Å². The van der Waals surface area contributed by atoms with Crippen LogP contribution in [-0.4, -0.2) is 30.8 Å². The summed E-state index contributed by atoms with van der Waals surface area (Å²) in [6, 6.07) is 2.89. The highest BCUT2D eigenvalue weighted by atomic mass is 32.2. The van der Waals surface area contributed by atoms with E-state index in [1.54, 1.807) is 0 Å². The van der Waals surface area contributed by atoms with Gasteiger partial charge in [-0.3, -0.25) is 0 Å². The Hall–Kier alpha value is -1.14. The van der Waals surface area contributed by atoms with Crippen molar-refractivity contribution in [2.75, 3.05) is 18.8 Å². The van der Waals surface area contributed by atoms with Crippen LogP contribution in [-0.2, 0) is 10.0 Å². The minimum Gasteiger partial charge on any atom is -0.384 e. The summed E-state index contributed by atoms with van der Waals surface area (Å²) in [5.74, 6) is 1.01. The topological polar surface area (TPSA) is 76.3 Å². The molecule has 17 heavy (non-hydrogen) atoms. The van der Waals surface area contributed by atoms with E-state index >= 15 is 0 Å². The molecule has 1 aliphatic rings. The van der Waals surface area contributed by atoms with E-state index in [2.05, 4.69) is 18.8 Å². The molecule has 0 aromatic carbocycles. The third-order valence-electron chi connectivity index (χ3n) is 3.34.